The van der Waals surface area contributed by atoms with Crippen LogP contribution in [-0.4, -0.2) is 37.8 Å². The van der Waals surface area contributed by atoms with Crippen molar-refractivity contribution in [1.82, 2.24) is 15.1 Å². The van der Waals surface area contributed by atoms with Gasteiger partial charge in [-0.2, -0.15) is 0 Å². The van der Waals surface area contributed by atoms with E-state index in [4.69, 9.17) is 12.2 Å². The van der Waals surface area contributed by atoms with E-state index in [2.05, 4.69) is 15.5 Å². The number of anilines is 1. The molecule has 1 N–H and O–H groups in total. The van der Waals surface area contributed by atoms with Gasteiger partial charge in [-0.25, -0.2) is 0 Å². The average Bonchev–Trinajstić information content (AvgIpc) is 3.23. The van der Waals surface area contributed by atoms with Gasteiger partial charge in [0.2, 0.25) is 11.0 Å². The number of thiophene rings is 1. The van der Waals surface area contributed by atoms with Crippen LogP contribution in [0.5, 0.6) is 0 Å². The van der Waals surface area contributed by atoms with Crippen LogP contribution < -0.4 is 5.32 Å². The Morgan fingerprint density at radius 2 is 2.29 bits per heavy atom. The Hall–Kier alpha value is -1.62. The predicted octanol–water partition coefficient (Wildman–Crippen LogP) is 3.14. The molecule has 2 aromatic rings. The van der Waals surface area contributed by atoms with Gasteiger partial charge >= 0.3 is 0 Å². The number of thiocarbonyl (C=S) groups is 1. The zero-order chi connectivity index (χ0) is 17.1. The maximum absolute atomic E-state index is 12.4. The molecule has 24 heavy (non-hydrogen) atoms. The summed E-state index contributed by atoms with van der Waals surface area (Å²) in [6.07, 6.45) is 1.98. The molecule has 0 bridgehead atoms. The Morgan fingerprint density at radius 1 is 1.46 bits per heavy atom. The number of carbonyl (C=O) groups excluding carboxylic acids is 2. The van der Waals surface area contributed by atoms with E-state index >= 15 is 0 Å². The SMILES string of the molecule is Cc1nnc(NC(=O)CCN2C(=O)C(=Cc3cccs3)SC2=S)s1. The summed E-state index contributed by atoms with van der Waals surface area (Å²) < 4.78 is 0.474. The largest absolute Gasteiger partial charge is 0.300 e. The zero-order valence-corrected chi connectivity index (χ0v) is 15.8. The smallest absolute Gasteiger partial charge is 0.266 e. The molecule has 3 heterocycles. The molecule has 10 heteroatoms. The van der Waals surface area contributed by atoms with Crippen LogP contribution in [0.25, 0.3) is 6.08 Å². The molecule has 6 nitrogen and oxygen atoms in total. The summed E-state index contributed by atoms with van der Waals surface area (Å²) in [4.78, 5) is 27.4. The highest BCUT2D eigenvalue weighted by atomic mass is 32.2. The lowest BCUT2D eigenvalue weighted by Gasteiger charge is -2.13. The number of carbonyl (C=O) groups is 2. The van der Waals surface area contributed by atoms with Gasteiger partial charge < -0.3 is 5.32 Å². The Balaban J connectivity index is 1.58. The summed E-state index contributed by atoms with van der Waals surface area (Å²) in [7, 11) is 0. The first-order chi connectivity index (χ1) is 11.5. The molecule has 3 rings (SSSR count). The lowest BCUT2D eigenvalue weighted by Crippen LogP contribution is -2.31. The first-order valence-corrected chi connectivity index (χ1v) is 9.84. The van der Waals surface area contributed by atoms with Crippen molar-refractivity contribution in [3.05, 3.63) is 32.3 Å². The maximum Gasteiger partial charge on any atom is 0.266 e. The fourth-order valence-electron chi connectivity index (χ4n) is 1.94. The first kappa shape index (κ1) is 17.2. The molecule has 0 aromatic carbocycles. The highest BCUT2D eigenvalue weighted by Crippen LogP contribution is 2.33. The number of amides is 2. The molecule has 0 spiro atoms. The molecule has 124 valence electrons. The number of nitrogens with zero attached hydrogens (tertiary/aromatic N) is 3. The van der Waals surface area contributed by atoms with Crippen LogP contribution in [0.15, 0.2) is 22.4 Å². The fraction of sp³-hybridized carbons (Fsp3) is 0.214. The van der Waals surface area contributed by atoms with Crippen molar-refractivity contribution in [2.24, 2.45) is 0 Å². The van der Waals surface area contributed by atoms with Crippen LogP contribution in [0.2, 0.25) is 0 Å². The van der Waals surface area contributed by atoms with E-state index in [1.807, 2.05) is 30.5 Å². The number of aromatic nitrogens is 2. The normalized spacial score (nSPS) is 16.2. The lowest BCUT2D eigenvalue weighted by molar-refractivity contribution is -0.122. The quantitative estimate of drug-likeness (QED) is 0.618. The van der Waals surface area contributed by atoms with Crippen LogP contribution in [0.4, 0.5) is 5.13 Å². The highest BCUT2D eigenvalue weighted by Gasteiger charge is 2.32. The Morgan fingerprint density at radius 3 is 2.96 bits per heavy atom. The summed E-state index contributed by atoms with van der Waals surface area (Å²) in [5.41, 5.74) is 0. The van der Waals surface area contributed by atoms with Crippen molar-refractivity contribution in [1.29, 1.82) is 0 Å². The summed E-state index contributed by atoms with van der Waals surface area (Å²) >= 11 is 9.38. The standard InChI is InChI=1S/C14H12N4O2S4/c1-8-16-17-13(23-8)15-11(19)4-5-18-12(20)10(24-14(18)21)7-9-3-2-6-22-9/h2-3,6-7H,4-5H2,1H3,(H,15,17,19). The van der Waals surface area contributed by atoms with Gasteiger partial charge in [0.15, 0.2) is 0 Å². The van der Waals surface area contributed by atoms with E-state index in [0.717, 1.165) is 9.88 Å². The highest BCUT2D eigenvalue weighted by molar-refractivity contribution is 8.26. The van der Waals surface area contributed by atoms with Gasteiger partial charge in [0, 0.05) is 17.8 Å². The fourth-order valence-corrected chi connectivity index (χ4v) is 4.58. The minimum absolute atomic E-state index is 0.150. The van der Waals surface area contributed by atoms with E-state index in [0.29, 0.717) is 14.4 Å². The number of rotatable bonds is 5. The molecule has 0 radical (unpaired) electrons. The third-order valence-electron chi connectivity index (χ3n) is 3.02. The first-order valence-electron chi connectivity index (χ1n) is 6.92. The van der Waals surface area contributed by atoms with Gasteiger partial charge in [0.1, 0.15) is 9.33 Å². The van der Waals surface area contributed by atoms with Gasteiger partial charge in [-0.3, -0.25) is 14.5 Å². The molecule has 0 unspecified atom stereocenters. The third kappa shape index (κ3) is 4.07. The summed E-state index contributed by atoms with van der Waals surface area (Å²) in [6, 6.07) is 3.87. The summed E-state index contributed by atoms with van der Waals surface area (Å²) in [5, 5.41) is 13.5. The molecule has 2 aromatic heterocycles. The van der Waals surface area contributed by atoms with Crippen LogP contribution in [0, 0.1) is 6.92 Å². The molecule has 1 aliphatic rings. The topological polar surface area (TPSA) is 75.2 Å². The van der Waals surface area contributed by atoms with Gasteiger partial charge in [0.25, 0.3) is 5.91 Å². The summed E-state index contributed by atoms with van der Waals surface area (Å²) in [5.74, 6) is -0.375. The number of thioether (sulfide) groups is 1. The Labute approximate surface area is 156 Å². The van der Waals surface area contributed by atoms with E-state index in [1.165, 1.54) is 28.0 Å². The van der Waals surface area contributed by atoms with Crippen molar-refractivity contribution in [2.45, 2.75) is 13.3 Å². The molecule has 1 aliphatic heterocycles. The number of aryl methyl sites for hydroxylation is 1. The molecule has 0 saturated carbocycles. The van der Waals surface area contributed by atoms with Gasteiger partial charge in [-0.1, -0.05) is 41.4 Å². The average molecular weight is 397 g/mol. The van der Waals surface area contributed by atoms with Crippen molar-refractivity contribution in [3.63, 3.8) is 0 Å². The Bertz CT molecular complexity index is 813. The van der Waals surface area contributed by atoms with E-state index in [-0.39, 0.29) is 24.8 Å². The molecule has 0 aliphatic carbocycles. The maximum atomic E-state index is 12.4. The molecular weight excluding hydrogens is 384 g/mol. The van der Waals surface area contributed by atoms with Crippen LogP contribution in [-0.2, 0) is 9.59 Å². The number of nitrogens with one attached hydrogen (secondary N) is 1. The monoisotopic (exact) mass is 396 g/mol. The molecule has 1 saturated heterocycles. The molecule has 1 fully saturated rings. The van der Waals surface area contributed by atoms with Crippen molar-refractivity contribution in [3.8, 4) is 0 Å². The zero-order valence-electron chi connectivity index (χ0n) is 12.5. The van der Waals surface area contributed by atoms with Gasteiger partial charge in [-0.15, -0.1) is 21.5 Å². The third-order valence-corrected chi connectivity index (χ3v) is 5.98. The van der Waals surface area contributed by atoms with Crippen LogP contribution >= 0.6 is 46.7 Å². The second-order valence-corrected chi connectivity index (χ2v) is 8.61. The Kier molecular flexibility index (Phi) is 5.39. The van der Waals surface area contributed by atoms with Gasteiger partial charge in [0.05, 0.1) is 4.91 Å². The van der Waals surface area contributed by atoms with E-state index in [9.17, 15) is 9.59 Å². The van der Waals surface area contributed by atoms with Crippen LogP contribution in [0.3, 0.4) is 0 Å². The summed E-state index contributed by atoms with van der Waals surface area (Å²) in [6.45, 7) is 2.06. The second kappa shape index (κ2) is 7.51. The second-order valence-electron chi connectivity index (χ2n) is 4.77. The lowest BCUT2D eigenvalue weighted by atomic mass is 10.3. The molecule has 0 atom stereocenters. The van der Waals surface area contributed by atoms with E-state index < -0.39 is 0 Å². The van der Waals surface area contributed by atoms with E-state index in [1.54, 1.807) is 11.3 Å². The number of hydrogen-bond donors (Lipinski definition) is 1. The number of hydrogen-bond acceptors (Lipinski definition) is 8. The van der Waals surface area contributed by atoms with Crippen molar-refractivity contribution < 1.29 is 9.59 Å². The van der Waals surface area contributed by atoms with Gasteiger partial charge in [-0.05, 0) is 24.4 Å². The molecular formula is C14H12N4O2S4. The minimum atomic E-state index is -0.220. The minimum Gasteiger partial charge on any atom is -0.300 e. The predicted molar refractivity (Wildman–Crippen MR) is 102 cm³/mol. The van der Waals surface area contributed by atoms with Crippen molar-refractivity contribution >= 4 is 74.0 Å². The molecule has 2 amide bonds. The van der Waals surface area contributed by atoms with Crippen LogP contribution in [0.1, 0.15) is 16.3 Å². The van der Waals surface area contributed by atoms with Crippen molar-refractivity contribution in [2.75, 3.05) is 11.9 Å².